The van der Waals surface area contributed by atoms with Gasteiger partial charge in [-0.2, -0.15) is 0 Å². The fraction of sp³-hybridized carbons (Fsp3) is 0.923. The fourth-order valence-electron chi connectivity index (χ4n) is 2.79. The monoisotopic (exact) mass is 260 g/mol. The Hall–Kier alpha value is -0.680. The van der Waals surface area contributed by atoms with Crippen molar-refractivity contribution in [3.63, 3.8) is 0 Å². The van der Waals surface area contributed by atoms with Crippen LogP contribution in [0.1, 0.15) is 45.4 Å². The van der Waals surface area contributed by atoms with Crippen molar-refractivity contribution in [2.45, 2.75) is 63.0 Å². The van der Waals surface area contributed by atoms with E-state index in [4.69, 9.17) is 9.47 Å². The van der Waals surface area contributed by atoms with Crippen molar-refractivity contribution in [3.05, 3.63) is 0 Å². The van der Waals surface area contributed by atoms with E-state index >= 15 is 0 Å². The minimum absolute atomic E-state index is 0.0125. The Bertz CT molecular complexity index is 310. The zero-order valence-electron chi connectivity index (χ0n) is 11.0. The topological polar surface area (TPSA) is 44.8 Å². The molecule has 1 spiro atoms. The second-order valence-electron chi connectivity index (χ2n) is 5.42. The summed E-state index contributed by atoms with van der Waals surface area (Å²) >= 11 is 0. The highest BCUT2D eigenvalue weighted by atomic mass is 19.1. The largest absolute Gasteiger partial charge is 0.467 e. The van der Waals surface area contributed by atoms with Crippen LogP contribution in [0.15, 0.2) is 0 Å². The van der Waals surface area contributed by atoms with Crippen molar-refractivity contribution >= 4 is 5.97 Å². The van der Waals surface area contributed by atoms with Crippen LogP contribution in [-0.4, -0.2) is 37.2 Å². The number of carbonyl (C=O) groups excluding carboxylic acids is 1. The Morgan fingerprint density at radius 2 is 2.11 bits per heavy atom. The van der Waals surface area contributed by atoms with Crippen LogP contribution in [0.2, 0.25) is 0 Å². The third kappa shape index (κ3) is 2.83. The lowest BCUT2D eigenvalue weighted by Gasteiger charge is -2.32. The molecule has 2 rings (SSSR count). The van der Waals surface area contributed by atoms with Crippen LogP contribution in [-0.2, 0) is 19.0 Å². The Morgan fingerprint density at radius 1 is 1.44 bits per heavy atom. The van der Waals surface area contributed by atoms with Crippen molar-refractivity contribution in [1.82, 2.24) is 0 Å². The van der Waals surface area contributed by atoms with E-state index in [-0.39, 0.29) is 12.5 Å². The highest BCUT2D eigenvalue weighted by molar-refractivity contribution is 5.78. The van der Waals surface area contributed by atoms with E-state index in [0.29, 0.717) is 6.61 Å². The van der Waals surface area contributed by atoms with Crippen LogP contribution in [0.5, 0.6) is 0 Å². The summed E-state index contributed by atoms with van der Waals surface area (Å²) in [4.78, 5) is 11.3. The molecule has 1 saturated heterocycles. The normalized spacial score (nSPS) is 30.1. The quantitative estimate of drug-likeness (QED) is 0.731. The van der Waals surface area contributed by atoms with Gasteiger partial charge in [-0.05, 0) is 19.8 Å². The van der Waals surface area contributed by atoms with E-state index in [1.165, 1.54) is 20.5 Å². The van der Waals surface area contributed by atoms with Gasteiger partial charge < -0.3 is 14.2 Å². The van der Waals surface area contributed by atoms with E-state index in [1.54, 1.807) is 0 Å². The maximum Gasteiger partial charge on any atom is 0.343 e. The van der Waals surface area contributed by atoms with Crippen molar-refractivity contribution in [3.8, 4) is 0 Å². The minimum atomic E-state index is -2.01. The standard InChI is InChI=1S/C13H21FO4/c1-12(14,11(15)16-2)8-10-9-17-13(18-10)6-4-3-5-7-13/h10H,3-9H2,1-2H3/t10?,12-/m0/s1. The number of alkyl halides is 1. The summed E-state index contributed by atoms with van der Waals surface area (Å²) in [6, 6.07) is 0. The second kappa shape index (κ2) is 5.13. The molecule has 0 aromatic heterocycles. The lowest BCUT2D eigenvalue weighted by Crippen LogP contribution is -2.38. The Labute approximate surface area is 107 Å². The van der Waals surface area contributed by atoms with Gasteiger partial charge in [0, 0.05) is 19.3 Å². The molecule has 5 heteroatoms. The SMILES string of the molecule is COC(=O)[C@@](C)(F)CC1COC2(CCCCC2)O1. The van der Waals surface area contributed by atoms with E-state index in [2.05, 4.69) is 4.74 Å². The molecule has 0 N–H and O–H groups in total. The number of hydrogen-bond acceptors (Lipinski definition) is 4. The van der Waals surface area contributed by atoms with Gasteiger partial charge >= 0.3 is 5.97 Å². The molecule has 18 heavy (non-hydrogen) atoms. The van der Waals surface area contributed by atoms with Gasteiger partial charge in [-0.15, -0.1) is 0 Å². The first kappa shape index (κ1) is 13.7. The van der Waals surface area contributed by atoms with Crippen molar-refractivity contribution in [2.75, 3.05) is 13.7 Å². The molecule has 2 fully saturated rings. The first-order chi connectivity index (χ1) is 8.47. The smallest absolute Gasteiger partial charge is 0.343 e. The van der Waals surface area contributed by atoms with Gasteiger partial charge in [-0.25, -0.2) is 9.18 Å². The van der Waals surface area contributed by atoms with Crippen LogP contribution in [0.4, 0.5) is 4.39 Å². The maximum absolute atomic E-state index is 14.1. The molecule has 0 radical (unpaired) electrons. The summed E-state index contributed by atoms with van der Waals surface area (Å²) in [5.74, 6) is -1.37. The van der Waals surface area contributed by atoms with Crippen molar-refractivity contribution in [2.24, 2.45) is 0 Å². The Morgan fingerprint density at radius 3 is 2.72 bits per heavy atom. The number of rotatable bonds is 3. The van der Waals surface area contributed by atoms with Crippen LogP contribution < -0.4 is 0 Å². The Balaban J connectivity index is 1.91. The first-order valence-corrected chi connectivity index (χ1v) is 6.57. The average molecular weight is 260 g/mol. The average Bonchev–Trinajstić information content (AvgIpc) is 2.71. The minimum Gasteiger partial charge on any atom is -0.467 e. The molecule has 1 heterocycles. The number of hydrogen-bond donors (Lipinski definition) is 0. The van der Waals surface area contributed by atoms with Crippen LogP contribution in [0, 0.1) is 0 Å². The lowest BCUT2D eigenvalue weighted by molar-refractivity contribution is -0.191. The summed E-state index contributed by atoms with van der Waals surface area (Å²) in [5, 5.41) is 0. The van der Waals surface area contributed by atoms with Gasteiger partial charge in [0.2, 0.25) is 5.67 Å². The molecule has 0 aromatic rings. The predicted octanol–water partition coefficient (Wildman–Crippen LogP) is 2.35. The third-order valence-corrected chi connectivity index (χ3v) is 3.75. The number of methoxy groups -OCH3 is 1. The van der Waals surface area contributed by atoms with Crippen LogP contribution in [0.25, 0.3) is 0 Å². The number of esters is 1. The zero-order chi connectivity index (χ0) is 13.2. The van der Waals surface area contributed by atoms with Gasteiger partial charge in [0.15, 0.2) is 5.79 Å². The number of halogens is 1. The molecule has 0 aromatic carbocycles. The molecule has 1 unspecified atom stereocenters. The second-order valence-corrected chi connectivity index (χ2v) is 5.42. The van der Waals surface area contributed by atoms with Gasteiger partial charge in [0.25, 0.3) is 0 Å². The molecule has 2 atom stereocenters. The Kier molecular flexibility index (Phi) is 3.92. The van der Waals surface area contributed by atoms with Gasteiger partial charge in [0.05, 0.1) is 19.8 Å². The van der Waals surface area contributed by atoms with Gasteiger partial charge in [-0.3, -0.25) is 0 Å². The molecule has 1 saturated carbocycles. The fourth-order valence-corrected chi connectivity index (χ4v) is 2.79. The molecule has 0 amide bonds. The highest BCUT2D eigenvalue weighted by Gasteiger charge is 2.46. The first-order valence-electron chi connectivity index (χ1n) is 6.57. The molecular formula is C13H21FO4. The summed E-state index contributed by atoms with van der Waals surface area (Å²) < 4.78 is 30.1. The molecule has 1 aliphatic heterocycles. The van der Waals surface area contributed by atoms with E-state index < -0.39 is 17.4 Å². The number of carbonyl (C=O) groups is 1. The van der Waals surface area contributed by atoms with Crippen molar-refractivity contribution < 1.29 is 23.4 Å². The highest BCUT2D eigenvalue weighted by Crippen LogP contribution is 2.39. The van der Waals surface area contributed by atoms with Gasteiger partial charge in [0.1, 0.15) is 0 Å². The molecule has 2 aliphatic rings. The molecule has 1 aliphatic carbocycles. The van der Waals surface area contributed by atoms with Crippen LogP contribution in [0.3, 0.4) is 0 Å². The summed E-state index contributed by atoms with van der Waals surface area (Å²) in [6.07, 6.45) is 4.71. The summed E-state index contributed by atoms with van der Waals surface area (Å²) in [7, 11) is 1.19. The van der Waals surface area contributed by atoms with Crippen LogP contribution >= 0.6 is 0 Å². The van der Waals surface area contributed by atoms with E-state index in [9.17, 15) is 9.18 Å². The molecular weight excluding hydrogens is 239 g/mol. The van der Waals surface area contributed by atoms with Gasteiger partial charge in [-0.1, -0.05) is 6.42 Å². The molecule has 0 bridgehead atoms. The number of ether oxygens (including phenoxy) is 3. The van der Waals surface area contributed by atoms with E-state index in [1.807, 2.05) is 0 Å². The summed E-state index contributed by atoms with van der Waals surface area (Å²) in [5.41, 5.74) is -2.01. The molecule has 104 valence electrons. The maximum atomic E-state index is 14.1. The predicted molar refractivity (Wildman–Crippen MR) is 62.8 cm³/mol. The van der Waals surface area contributed by atoms with E-state index in [0.717, 1.165) is 25.7 Å². The third-order valence-electron chi connectivity index (χ3n) is 3.75. The van der Waals surface area contributed by atoms with Crippen molar-refractivity contribution in [1.29, 1.82) is 0 Å². The summed E-state index contributed by atoms with van der Waals surface area (Å²) in [6.45, 7) is 1.59. The molecule has 4 nitrogen and oxygen atoms in total. The zero-order valence-corrected chi connectivity index (χ0v) is 11.0. The lowest BCUT2D eigenvalue weighted by atomic mass is 9.94.